The largest absolute Gasteiger partial charge is 0.479 e. The van der Waals surface area contributed by atoms with E-state index >= 15 is 0 Å². The Morgan fingerprint density at radius 3 is 2.61 bits per heavy atom. The molecule has 1 saturated heterocycles. The van der Waals surface area contributed by atoms with Crippen molar-refractivity contribution in [2.24, 2.45) is 0 Å². The molecular formula is C30H27FN6O. The first-order chi connectivity index (χ1) is 18.5. The van der Waals surface area contributed by atoms with Crippen LogP contribution in [0.25, 0.3) is 22.9 Å². The molecule has 4 aromatic rings. The van der Waals surface area contributed by atoms with E-state index in [2.05, 4.69) is 49.0 Å². The molecule has 190 valence electrons. The van der Waals surface area contributed by atoms with Crippen LogP contribution in [0.2, 0.25) is 0 Å². The number of methoxy groups -OCH3 is 1. The number of imidazole rings is 1. The molecule has 6 rings (SSSR count). The minimum atomic E-state index is -0.499. The number of fused-ring (bicyclic) bond motifs is 1. The topological polar surface area (TPSA) is 79.8 Å². The van der Waals surface area contributed by atoms with Gasteiger partial charge in [-0.05, 0) is 55.2 Å². The number of aromatic amines is 1. The Morgan fingerprint density at radius 1 is 1.11 bits per heavy atom. The minimum absolute atomic E-state index is 0.0190. The van der Waals surface area contributed by atoms with Crippen LogP contribution >= 0.6 is 0 Å². The SMILES string of the molecule is C#Cc1ccc(C2=Cc3c(ncnc3N3CCC(c4nc(-c5cnc(OC)c(F)c5)c(C)[nH]4)CC3)C2)cc1. The van der Waals surface area contributed by atoms with Crippen molar-refractivity contribution in [3.05, 3.63) is 82.6 Å². The number of ether oxygens (including phenoxy) is 1. The zero-order valence-corrected chi connectivity index (χ0v) is 21.3. The van der Waals surface area contributed by atoms with Crippen molar-refractivity contribution in [2.75, 3.05) is 25.1 Å². The number of nitrogens with zero attached hydrogens (tertiary/aromatic N) is 5. The van der Waals surface area contributed by atoms with Gasteiger partial charge >= 0.3 is 0 Å². The van der Waals surface area contributed by atoms with Gasteiger partial charge in [0, 0.05) is 54.0 Å². The molecule has 0 saturated carbocycles. The summed E-state index contributed by atoms with van der Waals surface area (Å²) in [7, 11) is 1.40. The van der Waals surface area contributed by atoms with Gasteiger partial charge in [0.2, 0.25) is 5.88 Å². The number of hydrogen-bond donors (Lipinski definition) is 1. The van der Waals surface area contributed by atoms with E-state index in [9.17, 15) is 4.39 Å². The second kappa shape index (κ2) is 9.75. The molecule has 0 unspecified atom stereocenters. The van der Waals surface area contributed by atoms with Crippen molar-refractivity contribution in [3.8, 4) is 29.5 Å². The lowest BCUT2D eigenvalue weighted by atomic mass is 9.96. The maximum atomic E-state index is 14.2. The average molecular weight is 507 g/mol. The Balaban J connectivity index is 1.18. The fraction of sp³-hybridized carbons (Fsp3) is 0.267. The molecule has 0 atom stereocenters. The van der Waals surface area contributed by atoms with Gasteiger partial charge in [0.15, 0.2) is 5.82 Å². The highest BCUT2D eigenvalue weighted by molar-refractivity contribution is 5.91. The lowest BCUT2D eigenvalue weighted by Gasteiger charge is -2.32. The number of benzene rings is 1. The van der Waals surface area contributed by atoms with Gasteiger partial charge in [-0.15, -0.1) is 6.42 Å². The number of aromatic nitrogens is 5. The number of hydrogen-bond acceptors (Lipinski definition) is 6. The lowest BCUT2D eigenvalue weighted by molar-refractivity contribution is 0.369. The van der Waals surface area contributed by atoms with E-state index in [0.717, 1.165) is 77.8 Å². The van der Waals surface area contributed by atoms with Crippen LogP contribution in [0.1, 0.15) is 52.7 Å². The normalized spacial score (nSPS) is 15.2. The smallest absolute Gasteiger partial charge is 0.250 e. The van der Waals surface area contributed by atoms with E-state index in [1.54, 1.807) is 12.5 Å². The summed E-state index contributed by atoms with van der Waals surface area (Å²) < 4.78 is 19.2. The van der Waals surface area contributed by atoms with Crippen LogP contribution in [0.4, 0.5) is 10.2 Å². The summed E-state index contributed by atoms with van der Waals surface area (Å²) in [5.41, 5.74) is 7.67. The van der Waals surface area contributed by atoms with Gasteiger partial charge in [0.25, 0.3) is 0 Å². The van der Waals surface area contributed by atoms with Crippen molar-refractivity contribution < 1.29 is 9.13 Å². The Morgan fingerprint density at radius 2 is 1.89 bits per heavy atom. The van der Waals surface area contributed by atoms with Crippen molar-refractivity contribution in [2.45, 2.75) is 32.1 Å². The van der Waals surface area contributed by atoms with E-state index in [4.69, 9.17) is 16.1 Å². The predicted octanol–water partition coefficient (Wildman–Crippen LogP) is 5.18. The van der Waals surface area contributed by atoms with Crippen LogP contribution in [-0.4, -0.2) is 45.1 Å². The van der Waals surface area contributed by atoms with Gasteiger partial charge in [-0.25, -0.2) is 24.3 Å². The number of terminal acetylenes is 1. The monoisotopic (exact) mass is 506 g/mol. The van der Waals surface area contributed by atoms with E-state index in [1.807, 2.05) is 19.1 Å². The summed E-state index contributed by atoms with van der Waals surface area (Å²) in [6, 6.07) is 9.51. The van der Waals surface area contributed by atoms with Crippen molar-refractivity contribution in [1.29, 1.82) is 0 Å². The molecule has 0 bridgehead atoms. The molecule has 1 aliphatic heterocycles. The molecule has 0 spiro atoms. The van der Waals surface area contributed by atoms with E-state index in [0.29, 0.717) is 5.56 Å². The standard InChI is InChI=1S/C30H27FN6O/c1-4-19-5-7-20(8-6-19)22-13-24-26(15-22)33-17-34-29(24)37-11-9-21(10-12-37)28-35-18(2)27(36-28)23-14-25(31)30(38-3)32-16-23/h1,5-8,13-14,16-17,21H,9-12,15H2,2-3H3,(H,35,36). The van der Waals surface area contributed by atoms with Crippen molar-refractivity contribution in [1.82, 2.24) is 24.9 Å². The number of anilines is 1. The van der Waals surface area contributed by atoms with Gasteiger partial charge in [0.1, 0.15) is 18.0 Å². The fourth-order valence-electron chi connectivity index (χ4n) is 5.36. The van der Waals surface area contributed by atoms with E-state index < -0.39 is 5.82 Å². The number of allylic oxidation sites excluding steroid dienone is 1. The molecule has 1 aromatic carbocycles. The molecule has 4 heterocycles. The Labute approximate surface area is 220 Å². The molecule has 1 aliphatic carbocycles. The second-order valence-corrected chi connectivity index (χ2v) is 9.70. The van der Waals surface area contributed by atoms with Gasteiger partial charge in [-0.2, -0.15) is 0 Å². The van der Waals surface area contributed by atoms with Crippen LogP contribution in [0.5, 0.6) is 5.88 Å². The Kier molecular flexibility index (Phi) is 6.12. The molecule has 8 heteroatoms. The molecule has 1 N–H and O–H groups in total. The number of halogens is 1. The highest BCUT2D eigenvalue weighted by atomic mass is 19.1. The van der Waals surface area contributed by atoms with E-state index in [-0.39, 0.29) is 11.8 Å². The molecule has 7 nitrogen and oxygen atoms in total. The van der Waals surface area contributed by atoms with E-state index in [1.165, 1.54) is 18.7 Å². The molecule has 3 aromatic heterocycles. The van der Waals surface area contributed by atoms with Crippen molar-refractivity contribution in [3.63, 3.8) is 0 Å². The third kappa shape index (κ3) is 4.30. The summed E-state index contributed by atoms with van der Waals surface area (Å²) in [6.07, 6.45) is 13.6. The number of H-pyrrole nitrogens is 1. The third-order valence-electron chi connectivity index (χ3n) is 7.40. The Hall–Kier alpha value is -4.51. The molecular weight excluding hydrogens is 479 g/mol. The third-order valence-corrected chi connectivity index (χ3v) is 7.40. The van der Waals surface area contributed by atoms with Gasteiger partial charge in [-0.3, -0.25) is 0 Å². The fourth-order valence-corrected chi connectivity index (χ4v) is 5.36. The van der Waals surface area contributed by atoms with Crippen LogP contribution in [0.3, 0.4) is 0 Å². The first-order valence-electron chi connectivity index (χ1n) is 12.7. The first kappa shape index (κ1) is 23.9. The van der Waals surface area contributed by atoms with Gasteiger partial charge in [0.05, 0.1) is 18.5 Å². The first-order valence-corrected chi connectivity index (χ1v) is 12.7. The summed E-state index contributed by atoms with van der Waals surface area (Å²) in [6.45, 7) is 3.68. The highest BCUT2D eigenvalue weighted by Gasteiger charge is 2.28. The molecule has 38 heavy (non-hydrogen) atoms. The summed E-state index contributed by atoms with van der Waals surface area (Å²) in [5.74, 6) is 4.35. The number of nitrogens with one attached hydrogen (secondary N) is 1. The summed E-state index contributed by atoms with van der Waals surface area (Å²) in [4.78, 5) is 23.9. The maximum absolute atomic E-state index is 14.2. The lowest BCUT2D eigenvalue weighted by Crippen LogP contribution is -2.34. The second-order valence-electron chi connectivity index (χ2n) is 9.70. The molecule has 0 radical (unpaired) electrons. The molecule has 1 fully saturated rings. The van der Waals surface area contributed by atoms with Crippen LogP contribution in [-0.2, 0) is 6.42 Å². The minimum Gasteiger partial charge on any atom is -0.479 e. The van der Waals surface area contributed by atoms with Gasteiger partial charge in [-0.1, -0.05) is 18.1 Å². The van der Waals surface area contributed by atoms with Crippen LogP contribution in [0, 0.1) is 25.1 Å². The highest BCUT2D eigenvalue weighted by Crippen LogP contribution is 2.37. The van der Waals surface area contributed by atoms with Crippen LogP contribution < -0.4 is 9.64 Å². The molecule has 0 amide bonds. The van der Waals surface area contributed by atoms with Crippen LogP contribution in [0.15, 0.2) is 42.9 Å². The number of rotatable bonds is 5. The zero-order valence-electron chi connectivity index (χ0n) is 21.3. The average Bonchev–Trinajstić information content (AvgIpc) is 3.57. The predicted molar refractivity (Wildman–Crippen MR) is 145 cm³/mol. The summed E-state index contributed by atoms with van der Waals surface area (Å²) in [5, 5.41) is 0. The number of piperidine rings is 1. The maximum Gasteiger partial charge on any atom is 0.250 e. The summed E-state index contributed by atoms with van der Waals surface area (Å²) >= 11 is 0. The van der Waals surface area contributed by atoms with Crippen molar-refractivity contribution >= 4 is 17.5 Å². The molecule has 2 aliphatic rings. The Bertz CT molecular complexity index is 1580. The zero-order chi connectivity index (χ0) is 26.2. The van der Waals surface area contributed by atoms with Gasteiger partial charge < -0.3 is 14.6 Å². The number of pyridine rings is 1. The number of aryl methyl sites for hydroxylation is 1. The quantitative estimate of drug-likeness (QED) is 0.376.